The Morgan fingerprint density at radius 1 is 1.10 bits per heavy atom. The molecule has 0 aliphatic heterocycles. The minimum atomic E-state index is 0.175. The molecule has 1 aliphatic carbocycles. The van der Waals surface area contributed by atoms with Gasteiger partial charge in [0.2, 0.25) is 0 Å². The molecule has 0 aromatic carbocycles. The average Bonchev–Trinajstić information content (AvgIpc) is 2.91. The molecule has 4 nitrogen and oxygen atoms in total. The third kappa shape index (κ3) is 4.99. The van der Waals surface area contributed by atoms with Crippen LogP contribution in [0.2, 0.25) is 0 Å². The summed E-state index contributed by atoms with van der Waals surface area (Å²) in [6, 6.07) is 0. The van der Waals surface area contributed by atoms with E-state index in [4.69, 9.17) is 15.2 Å². The Balaban J connectivity index is 2.61. The average molecular weight is 286 g/mol. The fourth-order valence-electron chi connectivity index (χ4n) is 3.39. The predicted octanol–water partition coefficient (Wildman–Crippen LogP) is 2.27. The first-order valence-corrected chi connectivity index (χ1v) is 8.33. The number of hydrogen-bond acceptors (Lipinski definition) is 4. The molecule has 2 N–H and O–H groups in total. The van der Waals surface area contributed by atoms with Crippen LogP contribution in [0.4, 0.5) is 0 Å². The maximum atomic E-state index is 6.17. The SMILES string of the molecule is CCOCCN(CCOCC)C1(CN)CCC(CC)C1. The quantitative estimate of drug-likeness (QED) is 0.592. The zero-order valence-corrected chi connectivity index (χ0v) is 13.7. The minimum Gasteiger partial charge on any atom is -0.380 e. The van der Waals surface area contributed by atoms with E-state index in [9.17, 15) is 0 Å². The molecule has 20 heavy (non-hydrogen) atoms. The first kappa shape index (κ1) is 17.9. The van der Waals surface area contributed by atoms with Crippen molar-refractivity contribution in [2.24, 2.45) is 11.7 Å². The summed E-state index contributed by atoms with van der Waals surface area (Å²) in [5.41, 5.74) is 6.35. The highest BCUT2D eigenvalue weighted by Gasteiger charge is 2.41. The van der Waals surface area contributed by atoms with Gasteiger partial charge in [-0.1, -0.05) is 13.3 Å². The second-order valence-electron chi connectivity index (χ2n) is 5.83. The predicted molar refractivity (Wildman–Crippen MR) is 84.0 cm³/mol. The van der Waals surface area contributed by atoms with Crippen molar-refractivity contribution in [3.8, 4) is 0 Å². The smallest absolute Gasteiger partial charge is 0.0593 e. The molecule has 0 spiro atoms. The van der Waals surface area contributed by atoms with Crippen molar-refractivity contribution in [3.05, 3.63) is 0 Å². The number of nitrogens with two attached hydrogens (primary N) is 1. The zero-order valence-electron chi connectivity index (χ0n) is 13.7. The van der Waals surface area contributed by atoms with E-state index in [-0.39, 0.29) is 5.54 Å². The lowest BCUT2D eigenvalue weighted by atomic mass is 9.92. The molecule has 0 aromatic heterocycles. The van der Waals surface area contributed by atoms with Crippen molar-refractivity contribution < 1.29 is 9.47 Å². The maximum absolute atomic E-state index is 6.17. The van der Waals surface area contributed by atoms with Crippen molar-refractivity contribution in [2.75, 3.05) is 46.1 Å². The summed E-state index contributed by atoms with van der Waals surface area (Å²) in [7, 11) is 0. The van der Waals surface area contributed by atoms with Crippen LogP contribution in [0, 0.1) is 5.92 Å². The lowest BCUT2D eigenvalue weighted by Gasteiger charge is -2.41. The van der Waals surface area contributed by atoms with E-state index in [1.165, 1.54) is 25.7 Å². The Labute approximate surface area is 125 Å². The van der Waals surface area contributed by atoms with Gasteiger partial charge in [-0.15, -0.1) is 0 Å². The first-order chi connectivity index (χ1) is 9.72. The van der Waals surface area contributed by atoms with Gasteiger partial charge in [0.1, 0.15) is 0 Å². The molecule has 2 atom stereocenters. The number of rotatable bonds is 11. The molecule has 0 radical (unpaired) electrons. The lowest BCUT2D eigenvalue weighted by molar-refractivity contribution is 0.0231. The molecule has 4 heteroatoms. The second kappa shape index (κ2) is 9.72. The van der Waals surface area contributed by atoms with Crippen LogP contribution in [0.25, 0.3) is 0 Å². The van der Waals surface area contributed by atoms with Crippen molar-refractivity contribution in [1.82, 2.24) is 4.90 Å². The summed E-state index contributed by atoms with van der Waals surface area (Å²) in [6.07, 6.45) is 5.04. The molecule has 0 heterocycles. The number of ether oxygens (including phenoxy) is 2. The topological polar surface area (TPSA) is 47.7 Å². The van der Waals surface area contributed by atoms with Crippen molar-refractivity contribution in [3.63, 3.8) is 0 Å². The molecule has 1 saturated carbocycles. The second-order valence-corrected chi connectivity index (χ2v) is 5.83. The number of hydrogen-bond donors (Lipinski definition) is 1. The van der Waals surface area contributed by atoms with E-state index in [1.807, 2.05) is 13.8 Å². The summed E-state index contributed by atoms with van der Waals surface area (Å²) >= 11 is 0. The summed E-state index contributed by atoms with van der Waals surface area (Å²) < 4.78 is 11.1. The van der Waals surface area contributed by atoms with E-state index in [0.29, 0.717) is 0 Å². The summed E-state index contributed by atoms with van der Waals surface area (Å²) in [5.74, 6) is 0.834. The van der Waals surface area contributed by atoms with Crippen molar-refractivity contribution >= 4 is 0 Å². The van der Waals surface area contributed by atoms with Crippen LogP contribution in [0.15, 0.2) is 0 Å². The molecule has 1 fully saturated rings. The summed E-state index contributed by atoms with van der Waals surface area (Å²) in [6.45, 7) is 12.2. The molecule has 2 unspecified atom stereocenters. The van der Waals surface area contributed by atoms with Crippen LogP contribution < -0.4 is 5.73 Å². The molecule has 1 rings (SSSR count). The maximum Gasteiger partial charge on any atom is 0.0593 e. The fraction of sp³-hybridized carbons (Fsp3) is 1.00. The van der Waals surface area contributed by atoms with Crippen LogP contribution in [-0.4, -0.2) is 56.5 Å². The van der Waals surface area contributed by atoms with Gasteiger partial charge in [0.15, 0.2) is 0 Å². The van der Waals surface area contributed by atoms with Gasteiger partial charge in [-0.25, -0.2) is 0 Å². The van der Waals surface area contributed by atoms with Crippen LogP contribution in [0.3, 0.4) is 0 Å². The Hall–Kier alpha value is -0.160. The lowest BCUT2D eigenvalue weighted by Crippen LogP contribution is -2.54. The van der Waals surface area contributed by atoms with Gasteiger partial charge >= 0.3 is 0 Å². The monoisotopic (exact) mass is 286 g/mol. The minimum absolute atomic E-state index is 0.175. The van der Waals surface area contributed by atoms with Gasteiger partial charge in [-0.2, -0.15) is 0 Å². The van der Waals surface area contributed by atoms with Gasteiger partial charge in [-0.05, 0) is 39.0 Å². The standard InChI is InChI=1S/C16H34N2O2/c1-4-15-7-8-16(13-15,14-17)18(9-11-19-5-2)10-12-20-6-3/h15H,4-14,17H2,1-3H3. The highest BCUT2D eigenvalue weighted by atomic mass is 16.5. The van der Waals surface area contributed by atoms with Crippen LogP contribution in [-0.2, 0) is 9.47 Å². The van der Waals surface area contributed by atoms with E-state index in [0.717, 1.165) is 52.0 Å². The van der Waals surface area contributed by atoms with E-state index >= 15 is 0 Å². The van der Waals surface area contributed by atoms with Gasteiger partial charge in [0.25, 0.3) is 0 Å². The molecule has 0 aromatic rings. The number of nitrogens with zero attached hydrogens (tertiary/aromatic N) is 1. The Morgan fingerprint density at radius 3 is 2.10 bits per heavy atom. The van der Waals surface area contributed by atoms with Gasteiger partial charge in [0.05, 0.1) is 13.2 Å². The molecule has 1 aliphatic rings. The molecule has 120 valence electrons. The van der Waals surface area contributed by atoms with Crippen LogP contribution in [0.1, 0.15) is 46.5 Å². The first-order valence-electron chi connectivity index (χ1n) is 8.33. The molecular weight excluding hydrogens is 252 g/mol. The van der Waals surface area contributed by atoms with Crippen LogP contribution >= 0.6 is 0 Å². The highest BCUT2D eigenvalue weighted by Crippen LogP contribution is 2.39. The molecular formula is C16H34N2O2. The van der Waals surface area contributed by atoms with E-state index < -0.39 is 0 Å². The Bertz CT molecular complexity index is 241. The zero-order chi connectivity index (χ0) is 14.8. The molecule has 0 bridgehead atoms. The van der Waals surface area contributed by atoms with Crippen molar-refractivity contribution in [1.29, 1.82) is 0 Å². The van der Waals surface area contributed by atoms with Gasteiger partial charge in [-0.3, -0.25) is 4.90 Å². The highest BCUT2D eigenvalue weighted by molar-refractivity contribution is 4.98. The van der Waals surface area contributed by atoms with E-state index in [1.54, 1.807) is 0 Å². The summed E-state index contributed by atoms with van der Waals surface area (Å²) in [4.78, 5) is 2.54. The van der Waals surface area contributed by atoms with Crippen molar-refractivity contribution in [2.45, 2.75) is 52.0 Å². The van der Waals surface area contributed by atoms with Gasteiger partial charge < -0.3 is 15.2 Å². The third-order valence-electron chi connectivity index (χ3n) is 4.73. The summed E-state index contributed by atoms with van der Waals surface area (Å²) in [5, 5.41) is 0. The third-order valence-corrected chi connectivity index (χ3v) is 4.73. The molecule has 0 saturated heterocycles. The molecule has 0 amide bonds. The fourth-order valence-corrected chi connectivity index (χ4v) is 3.39. The van der Waals surface area contributed by atoms with Crippen LogP contribution in [0.5, 0.6) is 0 Å². The Kier molecular flexibility index (Phi) is 8.69. The van der Waals surface area contributed by atoms with Gasteiger partial charge in [0, 0.05) is 38.4 Å². The largest absolute Gasteiger partial charge is 0.380 e. The Morgan fingerprint density at radius 2 is 1.70 bits per heavy atom. The van der Waals surface area contributed by atoms with E-state index in [2.05, 4.69) is 11.8 Å². The normalized spacial score (nSPS) is 26.6.